The topological polar surface area (TPSA) is 64.3 Å². The molecule has 0 radical (unpaired) electrons. The van der Waals surface area contributed by atoms with Gasteiger partial charge in [-0.1, -0.05) is 55.5 Å². The molecular weight excluding hydrogens is 336 g/mol. The SMILES string of the molecule is Cc1ccccc1OC(C)CNC(=O)C(C)C(N)c1ccccc1.Cl. The van der Waals surface area contributed by atoms with Gasteiger partial charge in [0, 0.05) is 6.04 Å². The van der Waals surface area contributed by atoms with Gasteiger partial charge in [-0.2, -0.15) is 0 Å². The van der Waals surface area contributed by atoms with Crippen LogP contribution in [0, 0.1) is 12.8 Å². The molecule has 0 fully saturated rings. The molecule has 0 spiro atoms. The summed E-state index contributed by atoms with van der Waals surface area (Å²) in [5.41, 5.74) is 8.24. The van der Waals surface area contributed by atoms with E-state index in [-0.39, 0.29) is 36.4 Å². The van der Waals surface area contributed by atoms with Crippen LogP contribution in [0.25, 0.3) is 0 Å². The summed E-state index contributed by atoms with van der Waals surface area (Å²) in [7, 11) is 0. The number of benzene rings is 2. The zero-order valence-corrected chi connectivity index (χ0v) is 15.8. The molecule has 0 aliphatic heterocycles. The highest BCUT2D eigenvalue weighted by Crippen LogP contribution is 2.20. The summed E-state index contributed by atoms with van der Waals surface area (Å²) in [5, 5.41) is 2.93. The maximum Gasteiger partial charge on any atom is 0.224 e. The minimum Gasteiger partial charge on any atom is -0.489 e. The van der Waals surface area contributed by atoms with Crippen LogP contribution < -0.4 is 15.8 Å². The maximum atomic E-state index is 12.3. The first-order valence-corrected chi connectivity index (χ1v) is 8.29. The zero-order chi connectivity index (χ0) is 17.5. The molecule has 5 heteroatoms. The van der Waals surface area contributed by atoms with E-state index in [1.54, 1.807) is 0 Å². The molecule has 136 valence electrons. The van der Waals surface area contributed by atoms with E-state index in [0.29, 0.717) is 6.54 Å². The summed E-state index contributed by atoms with van der Waals surface area (Å²) in [5.74, 6) is 0.470. The van der Waals surface area contributed by atoms with Gasteiger partial charge in [-0.05, 0) is 31.0 Å². The molecule has 0 heterocycles. The van der Waals surface area contributed by atoms with E-state index in [1.807, 2.05) is 75.4 Å². The molecule has 2 aromatic carbocycles. The number of halogens is 1. The van der Waals surface area contributed by atoms with Crippen LogP contribution in [0.4, 0.5) is 0 Å². The Labute approximate surface area is 156 Å². The summed E-state index contributed by atoms with van der Waals surface area (Å²) < 4.78 is 5.87. The minimum atomic E-state index is -0.321. The summed E-state index contributed by atoms with van der Waals surface area (Å²) >= 11 is 0. The second-order valence-electron chi connectivity index (χ2n) is 6.16. The van der Waals surface area contributed by atoms with Crippen LogP contribution in [0.5, 0.6) is 5.75 Å². The number of para-hydroxylation sites is 1. The van der Waals surface area contributed by atoms with Gasteiger partial charge in [0.1, 0.15) is 11.9 Å². The first kappa shape index (κ1) is 21.0. The van der Waals surface area contributed by atoms with Crippen molar-refractivity contribution < 1.29 is 9.53 Å². The van der Waals surface area contributed by atoms with Gasteiger partial charge in [-0.25, -0.2) is 0 Å². The second kappa shape index (κ2) is 10.1. The summed E-state index contributed by atoms with van der Waals surface area (Å²) in [4.78, 5) is 12.3. The van der Waals surface area contributed by atoms with Crippen LogP contribution >= 0.6 is 12.4 Å². The number of rotatable bonds is 7. The molecule has 25 heavy (non-hydrogen) atoms. The van der Waals surface area contributed by atoms with Crippen LogP contribution in [0.15, 0.2) is 54.6 Å². The van der Waals surface area contributed by atoms with Gasteiger partial charge in [-0.3, -0.25) is 4.79 Å². The molecule has 0 bridgehead atoms. The van der Waals surface area contributed by atoms with Gasteiger partial charge in [0.2, 0.25) is 5.91 Å². The smallest absolute Gasteiger partial charge is 0.224 e. The van der Waals surface area contributed by atoms with E-state index in [4.69, 9.17) is 10.5 Å². The lowest BCUT2D eigenvalue weighted by Crippen LogP contribution is -2.40. The summed E-state index contributed by atoms with van der Waals surface area (Å²) in [6.45, 7) is 6.23. The largest absolute Gasteiger partial charge is 0.489 e. The molecule has 0 aromatic heterocycles. The van der Waals surface area contributed by atoms with Crippen molar-refractivity contribution >= 4 is 18.3 Å². The van der Waals surface area contributed by atoms with E-state index < -0.39 is 0 Å². The normalized spacial score (nSPS) is 13.9. The molecule has 3 atom stereocenters. The van der Waals surface area contributed by atoms with Crippen LogP contribution in [0.2, 0.25) is 0 Å². The lowest BCUT2D eigenvalue weighted by Gasteiger charge is -2.22. The van der Waals surface area contributed by atoms with Crippen molar-refractivity contribution in [1.82, 2.24) is 5.32 Å². The Balaban J connectivity index is 0.00000312. The second-order valence-corrected chi connectivity index (χ2v) is 6.16. The number of hydrogen-bond acceptors (Lipinski definition) is 3. The van der Waals surface area contributed by atoms with Crippen molar-refractivity contribution in [3.05, 3.63) is 65.7 Å². The number of nitrogens with one attached hydrogen (secondary N) is 1. The predicted molar refractivity (Wildman–Crippen MR) is 104 cm³/mol. The average molecular weight is 363 g/mol. The molecule has 0 saturated heterocycles. The molecule has 1 amide bonds. The van der Waals surface area contributed by atoms with Crippen molar-refractivity contribution in [2.45, 2.75) is 32.9 Å². The minimum absolute atomic E-state index is 0. The number of carbonyl (C=O) groups excluding carboxylic acids is 1. The third-order valence-corrected chi connectivity index (χ3v) is 4.12. The third kappa shape index (κ3) is 6.07. The highest BCUT2D eigenvalue weighted by atomic mass is 35.5. The lowest BCUT2D eigenvalue weighted by molar-refractivity contribution is -0.125. The molecule has 2 aromatic rings. The predicted octanol–water partition coefficient (Wildman–Crippen LogP) is 3.64. The fourth-order valence-electron chi connectivity index (χ4n) is 2.48. The number of carbonyl (C=O) groups is 1. The van der Waals surface area contributed by atoms with Crippen molar-refractivity contribution in [2.24, 2.45) is 11.7 Å². The molecule has 2 rings (SSSR count). The standard InChI is InChI=1S/C20H26N2O2.ClH/c1-14-9-7-8-12-18(14)24-15(2)13-22-20(23)16(3)19(21)17-10-5-4-6-11-17;/h4-12,15-16,19H,13,21H2,1-3H3,(H,22,23);1H. The molecule has 0 aliphatic carbocycles. The Morgan fingerprint density at radius 1 is 1.08 bits per heavy atom. The van der Waals surface area contributed by atoms with Gasteiger partial charge < -0.3 is 15.8 Å². The number of ether oxygens (including phenoxy) is 1. The monoisotopic (exact) mass is 362 g/mol. The number of aryl methyl sites for hydroxylation is 1. The van der Waals surface area contributed by atoms with Gasteiger partial charge in [-0.15, -0.1) is 12.4 Å². The Kier molecular flexibility index (Phi) is 8.46. The molecule has 0 aliphatic rings. The van der Waals surface area contributed by atoms with Gasteiger partial charge in [0.05, 0.1) is 12.5 Å². The fraction of sp³-hybridized carbons (Fsp3) is 0.350. The van der Waals surface area contributed by atoms with E-state index in [1.165, 1.54) is 0 Å². The van der Waals surface area contributed by atoms with E-state index >= 15 is 0 Å². The molecular formula is C20H27ClN2O2. The quantitative estimate of drug-likeness (QED) is 0.790. The Morgan fingerprint density at radius 3 is 2.32 bits per heavy atom. The average Bonchev–Trinajstić information content (AvgIpc) is 2.61. The first-order chi connectivity index (χ1) is 11.5. The van der Waals surface area contributed by atoms with Crippen molar-refractivity contribution in [3.8, 4) is 5.75 Å². The molecule has 0 saturated carbocycles. The summed E-state index contributed by atoms with van der Waals surface area (Å²) in [6.07, 6.45) is -0.116. The van der Waals surface area contributed by atoms with Crippen LogP contribution in [0.1, 0.15) is 31.0 Å². The van der Waals surface area contributed by atoms with Gasteiger partial charge in [0.15, 0.2) is 0 Å². The fourth-order valence-corrected chi connectivity index (χ4v) is 2.48. The lowest BCUT2D eigenvalue weighted by atomic mass is 9.94. The van der Waals surface area contributed by atoms with E-state index in [9.17, 15) is 4.79 Å². The number of nitrogens with two attached hydrogens (primary N) is 1. The Hall–Kier alpha value is -2.04. The Bertz CT molecular complexity index is 664. The maximum absolute atomic E-state index is 12.3. The van der Waals surface area contributed by atoms with Crippen LogP contribution in [-0.2, 0) is 4.79 Å². The third-order valence-electron chi connectivity index (χ3n) is 4.12. The van der Waals surface area contributed by atoms with Crippen molar-refractivity contribution in [2.75, 3.05) is 6.54 Å². The molecule has 3 N–H and O–H groups in total. The highest BCUT2D eigenvalue weighted by Gasteiger charge is 2.22. The van der Waals surface area contributed by atoms with Crippen molar-refractivity contribution in [3.63, 3.8) is 0 Å². The number of amides is 1. The molecule has 3 unspecified atom stereocenters. The first-order valence-electron chi connectivity index (χ1n) is 8.29. The van der Waals surface area contributed by atoms with Gasteiger partial charge >= 0.3 is 0 Å². The molecule has 4 nitrogen and oxygen atoms in total. The van der Waals surface area contributed by atoms with Crippen molar-refractivity contribution in [1.29, 1.82) is 0 Å². The highest BCUT2D eigenvalue weighted by molar-refractivity contribution is 5.85. The van der Waals surface area contributed by atoms with Gasteiger partial charge in [0.25, 0.3) is 0 Å². The van der Waals surface area contributed by atoms with E-state index in [0.717, 1.165) is 16.9 Å². The zero-order valence-electron chi connectivity index (χ0n) is 14.9. The van der Waals surface area contributed by atoms with Crippen LogP contribution in [-0.4, -0.2) is 18.6 Å². The Morgan fingerprint density at radius 2 is 1.68 bits per heavy atom. The van der Waals surface area contributed by atoms with Crippen LogP contribution in [0.3, 0.4) is 0 Å². The summed E-state index contributed by atoms with van der Waals surface area (Å²) in [6, 6.07) is 17.2. The van der Waals surface area contributed by atoms with E-state index in [2.05, 4.69) is 5.32 Å². The number of hydrogen-bond donors (Lipinski definition) is 2.